The van der Waals surface area contributed by atoms with Crippen LogP contribution in [0.15, 0.2) is 53.9 Å². The summed E-state index contributed by atoms with van der Waals surface area (Å²) in [6.45, 7) is 0. The van der Waals surface area contributed by atoms with Crippen LogP contribution in [0.1, 0.15) is 0 Å². The molecule has 0 fully saturated rings. The first-order valence-electron chi connectivity index (χ1n) is 5.53. The second-order valence-corrected chi connectivity index (χ2v) is 5.19. The first-order valence-corrected chi connectivity index (χ1v) is 6.82. The van der Waals surface area contributed by atoms with Gasteiger partial charge < -0.3 is 4.98 Å². The Labute approximate surface area is 114 Å². The van der Waals surface area contributed by atoms with Gasteiger partial charge in [0.25, 0.3) is 0 Å². The standard InChI is InChI=1S/C14H10N2S2/c17-13-9-11(10-5-2-1-3-6-10)15-14(16-13)12-7-4-8-18-12/h1-9H,(H,15,16,17). The summed E-state index contributed by atoms with van der Waals surface area (Å²) < 4.78 is 0.607. The molecule has 0 saturated heterocycles. The van der Waals surface area contributed by atoms with Gasteiger partial charge in [-0.3, -0.25) is 0 Å². The summed E-state index contributed by atoms with van der Waals surface area (Å²) in [4.78, 5) is 8.80. The molecule has 0 aliphatic rings. The van der Waals surface area contributed by atoms with Gasteiger partial charge in [0.15, 0.2) is 0 Å². The molecule has 0 saturated carbocycles. The third kappa shape index (κ3) is 2.25. The molecule has 2 nitrogen and oxygen atoms in total. The van der Waals surface area contributed by atoms with Crippen LogP contribution in [0.5, 0.6) is 0 Å². The van der Waals surface area contributed by atoms with E-state index in [1.54, 1.807) is 11.3 Å². The molecule has 3 rings (SSSR count). The van der Waals surface area contributed by atoms with Crippen molar-refractivity contribution in [2.45, 2.75) is 0 Å². The maximum atomic E-state index is 5.23. The molecule has 0 radical (unpaired) electrons. The Morgan fingerprint density at radius 2 is 1.89 bits per heavy atom. The van der Waals surface area contributed by atoms with E-state index in [1.807, 2.05) is 41.8 Å². The van der Waals surface area contributed by atoms with Crippen molar-refractivity contribution in [1.29, 1.82) is 0 Å². The van der Waals surface area contributed by atoms with Crippen molar-refractivity contribution in [2.24, 2.45) is 0 Å². The van der Waals surface area contributed by atoms with Gasteiger partial charge in [-0.05, 0) is 23.1 Å². The van der Waals surface area contributed by atoms with Crippen molar-refractivity contribution in [1.82, 2.24) is 9.97 Å². The molecule has 0 atom stereocenters. The van der Waals surface area contributed by atoms with E-state index in [0.717, 1.165) is 22.0 Å². The molecule has 0 amide bonds. The first-order chi connectivity index (χ1) is 8.83. The smallest absolute Gasteiger partial charge is 0.149 e. The van der Waals surface area contributed by atoms with Crippen molar-refractivity contribution < 1.29 is 0 Å². The number of benzene rings is 1. The number of nitrogens with one attached hydrogen (secondary N) is 1. The molecule has 4 heteroatoms. The number of hydrogen-bond donors (Lipinski definition) is 1. The third-order valence-corrected chi connectivity index (χ3v) is 3.67. The lowest BCUT2D eigenvalue weighted by atomic mass is 10.1. The lowest BCUT2D eigenvalue weighted by Gasteiger charge is -2.04. The highest BCUT2D eigenvalue weighted by molar-refractivity contribution is 7.71. The van der Waals surface area contributed by atoms with Gasteiger partial charge in [-0.15, -0.1) is 11.3 Å². The zero-order chi connectivity index (χ0) is 12.4. The molecule has 3 aromatic rings. The van der Waals surface area contributed by atoms with Crippen LogP contribution in [0.3, 0.4) is 0 Å². The summed E-state index contributed by atoms with van der Waals surface area (Å²) in [7, 11) is 0. The van der Waals surface area contributed by atoms with Crippen LogP contribution in [0, 0.1) is 4.64 Å². The van der Waals surface area contributed by atoms with Gasteiger partial charge in [-0.2, -0.15) is 0 Å². The van der Waals surface area contributed by atoms with Crippen LogP contribution in [0.4, 0.5) is 0 Å². The van der Waals surface area contributed by atoms with Crippen molar-refractivity contribution >= 4 is 23.6 Å². The number of rotatable bonds is 2. The van der Waals surface area contributed by atoms with E-state index in [1.165, 1.54) is 0 Å². The van der Waals surface area contributed by atoms with Crippen molar-refractivity contribution in [2.75, 3.05) is 0 Å². The predicted octanol–water partition coefficient (Wildman–Crippen LogP) is 4.53. The molecule has 88 valence electrons. The molecule has 2 aromatic heterocycles. The number of thiophene rings is 1. The molecule has 18 heavy (non-hydrogen) atoms. The molecule has 1 aromatic carbocycles. The van der Waals surface area contributed by atoms with Crippen LogP contribution in [-0.4, -0.2) is 9.97 Å². The minimum atomic E-state index is 0.607. The Bertz CT molecular complexity index is 700. The largest absolute Gasteiger partial charge is 0.338 e. The highest BCUT2D eigenvalue weighted by Crippen LogP contribution is 2.24. The molecule has 1 N–H and O–H groups in total. The summed E-state index contributed by atoms with van der Waals surface area (Å²) in [5, 5.41) is 2.03. The normalized spacial score (nSPS) is 10.4. The minimum Gasteiger partial charge on any atom is -0.338 e. The van der Waals surface area contributed by atoms with Gasteiger partial charge in [0.2, 0.25) is 0 Å². The quantitative estimate of drug-likeness (QED) is 0.693. The molecular weight excluding hydrogens is 260 g/mol. The maximum Gasteiger partial charge on any atom is 0.149 e. The van der Waals surface area contributed by atoms with E-state index in [2.05, 4.69) is 22.1 Å². The SMILES string of the molecule is S=c1cc(-c2ccccc2)[nH]c(-c2cccs2)n1. The van der Waals surface area contributed by atoms with Gasteiger partial charge in [0.1, 0.15) is 10.5 Å². The second kappa shape index (κ2) is 4.84. The van der Waals surface area contributed by atoms with Crippen molar-refractivity contribution in [3.8, 4) is 22.0 Å². The van der Waals surface area contributed by atoms with E-state index in [9.17, 15) is 0 Å². The van der Waals surface area contributed by atoms with Crippen LogP contribution < -0.4 is 0 Å². The first kappa shape index (κ1) is 11.3. The van der Waals surface area contributed by atoms with Crippen LogP contribution in [-0.2, 0) is 0 Å². The minimum absolute atomic E-state index is 0.607. The van der Waals surface area contributed by atoms with Gasteiger partial charge in [-0.1, -0.05) is 48.6 Å². The lowest BCUT2D eigenvalue weighted by Crippen LogP contribution is -1.91. The highest BCUT2D eigenvalue weighted by Gasteiger charge is 2.04. The maximum absolute atomic E-state index is 5.23. The van der Waals surface area contributed by atoms with E-state index in [-0.39, 0.29) is 0 Å². The number of nitrogens with zero attached hydrogens (tertiary/aromatic N) is 1. The average Bonchev–Trinajstić information content (AvgIpc) is 2.93. The van der Waals surface area contributed by atoms with Gasteiger partial charge >= 0.3 is 0 Å². The third-order valence-electron chi connectivity index (χ3n) is 2.58. The predicted molar refractivity (Wildman–Crippen MR) is 78.2 cm³/mol. The summed E-state index contributed by atoms with van der Waals surface area (Å²) in [5.74, 6) is 0.830. The van der Waals surface area contributed by atoms with E-state index >= 15 is 0 Å². The number of aromatic nitrogens is 2. The highest BCUT2D eigenvalue weighted by atomic mass is 32.1. The van der Waals surface area contributed by atoms with Gasteiger partial charge in [0.05, 0.1) is 4.88 Å². The van der Waals surface area contributed by atoms with Crippen molar-refractivity contribution in [3.63, 3.8) is 0 Å². The van der Waals surface area contributed by atoms with Gasteiger partial charge in [-0.25, -0.2) is 4.98 Å². The fourth-order valence-electron chi connectivity index (χ4n) is 1.76. The lowest BCUT2D eigenvalue weighted by molar-refractivity contribution is 1.17. The molecule has 2 heterocycles. The number of aromatic amines is 1. The Morgan fingerprint density at radius 1 is 1.06 bits per heavy atom. The van der Waals surface area contributed by atoms with Gasteiger partial charge in [0, 0.05) is 5.69 Å². The molecule has 0 aliphatic heterocycles. The van der Waals surface area contributed by atoms with E-state index in [0.29, 0.717) is 4.64 Å². The zero-order valence-corrected chi connectivity index (χ0v) is 11.1. The number of hydrogen-bond acceptors (Lipinski definition) is 3. The second-order valence-electron chi connectivity index (χ2n) is 3.82. The molecular formula is C14H10N2S2. The Balaban J connectivity index is 2.15. The Hall–Kier alpha value is -1.78. The molecule has 0 unspecified atom stereocenters. The molecule has 0 aliphatic carbocycles. The topological polar surface area (TPSA) is 28.7 Å². The van der Waals surface area contributed by atoms with Crippen molar-refractivity contribution in [3.05, 3.63) is 58.6 Å². The Morgan fingerprint density at radius 3 is 2.61 bits per heavy atom. The molecule has 0 spiro atoms. The van der Waals surface area contributed by atoms with E-state index < -0.39 is 0 Å². The number of H-pyrrole nitrogens is 1. The fourth-order valence-corrected chi connectivity index (χ4v) is 2.64. The summed E-state index contributed by atoms with van der Waals surface area (Å²) in [5.41, 5.74) is 2.11. The Kier molecular flexibility index (Phi) is 3.04. The van der Waals surface area contributed by atoms with Crippen LogP contribution in [0.2, 0.25) is 0 Å². The average molecular weight is 270 g/mol. The molecule has 0 bridgehead atoms. The summed E-state index contributed by atoms with van der Waals surface area (Å²) in [6, 6.07) is 16.1. The monoisotopic (exact) mass is 270 g/mol. The van der Waals surface area contributed by atoms with Crippen LogP contribution >= 0.6 is 23.6 Å². The van der Waals surface area contributed by atoms with Crippen LogP contribution in [0.25, 0.3) is 22.0 Å². The zero-order valence-electron chi connectivity index (χ0n) is 9.46. The summed E-state index contributed by atoms with van der Waals surface area (Å²) >= 11 is 6.88. The fraction of sp³-hybridized carbons (Fsp3) is 0. The van der Waals surface area contributed by atoms with E-state index in [4.69, 9.17) is 12.2 Å². The summed E-state index contributed by atoms with van der Waals surface area (Å²) in [6.07, 6.45) is 0.